The number of rotatable bonds is 5. The Morgan fingerprint density at radius 2 is 1.93 bits per heavy atom. The van der Waals surface area contributed by atoms with E-state index in [0.717, 1.165) is 0 Å². The molecule has 0 unspecified atom stereocenters. The minimum Gasteiger partial charge on any atom is -0.452 e. The molecule has 1 aromatic carbocycles. The van der Waals surface area contributed by atoms with Gasteiger partial charge in [0, 0.05) is 31.2 Å². The highest BCUT2D eigenvalue weighted by molar-refractivity contribution is 6.04. The summed E-state index contributed by atoms with van der Waals surface area (Å²) in [7, 11) is 1.51. The van der Waals surface area contributed by atoms with Gasteiger partial charge in [-0.3, -0.25) is 14.6 Å². The van der Waals surface area contributed by atoms with Crippen LogP contribution in [0.5, 0.6) is 0 Å². The molecule has 0 atom stereocenters. The van der Waals surface area contributed by atoms with Crippen molar-refractivity contribution in [3.63, 3.8) is 0 Å². The van der Waals surface area contributed by atoms with Gasteiger partial charge in [0.1, 0.15) is 0 Å². The number of likely N-dealkylation sites (N-methyl/N-ethyl adjacent to an activating group) is 1. The van der Waals surface area contributed by atoms with E-state index >= 15 is 0 Å². The number of pyridine rings is 1. The first-order chi connectivity index (χ1) is 13.5. The van der Waals surface area contributed by atoms with E-state index in [2.05, 4.69) is 4.98 Å². The van der Waals surface area contributed by atoms with E-state index in [-0.39, 0.29) is 12.5 Å². The van der Waals surface area contributed by atoms with E-state index in [0.29, 0.717) is 48.5 Å². The summed E-state index contributed by atoms with van der Waals surface area (Å²) < 4.78 is 10.4. The van der Waals surface area contributed by atoms with Gasteiger partial charge in [0.25, 0.3) is 5.91 Å². The van der Waals surface area contributed by atoms with E-state index in [9.17, 15) is 14.4 Å². The maximum Gasteiger partial charge on any atom is 0.339 e. The Bertz CT molecular complexity index is 893. The number of fused-ring (bicyclic) bond motifs is 1. The molecule has 1 saturated heterocycles. The summed E-state index contributed by atoms with van der Waals surface area (Å²) in [6, 6.07) is 8.89. The zero-order valence-corrected chi connectivity index (χ0v) is 16.0. The lowest BCUT2D eigenvalue weighted by Crippen LogP contribution is -2.46. The molecule has 0 spiro atoms. The van der Waals surface area contributed by atoms with E-state index < -0.39 is 18.5 Å². The van der Waals surface area contributed by atoms with Crippen LogP contribution < -0.4 is 0 Å². The molecule has 1 aromatic heterocycles. The largest absolute Gasteiger partial charge is 0.452 e. The van der Waals surface area contributed by atoms with E-state index in [1.807, 2.05) is 18.2 Å². The van der Waals surface area contributed by atoms with Gasteiger partial charge in [-0.2, -0.15) is 0 Å². The predicted molar refractivity (Wildman–Crippen MR) is 102 cm³/mol. The van der Waals surface area contributed by atoms with E-state index in [1.165, 1.54) is 11.9 Å². The van der Waals surface area contributed by atoms with Crippen molar-refractivity contribution in [2.75, 3.05) is 46.5 Å². The summed E-state index contributed by atoms with van der Waals surface area (Å²) in [4.78, 5) is 44.3. The second kappa shape index (κ2) is 8.79. The molecule has 8 nitrogen and oxygen atoms in total. The Hall–Kier alpha value is -3.00. The minimum atomic E-state index is -0.594. The van der Waals surface area contributed by atoms with Crippen LogP contribution >= 0.6 is 0 Å². The van der Waals surface area contributed by atoms with E-state index in [1.54, 1.807) is 24.0 Å². The first-order valence-corrected chi connectivity index (χ1v) is 9.08. The number of ether oxygens (including phenoxy) is 2. The van der Waals surface area contributed by atoms with Crippen molar-refractivity contribution in [1.29, 1.82) is 0 Å². The maximum absolute atomic E-state index is 12.5. The standard InChI is InChI=1S/C20H23N3O5/c1-14-11-16(15-5-3-4-6-17(15)21-14)20(26)28-13-19(25)22(2)12-18(24)23-7-9-27-10-8-23/h3-6,11H,7-10,12-13H2,1-2H3. The smallest absolute Gasteiger partial charge is 0.339 e. The predicted octanol–water partition coefficient (Wildman–Crippen LogP) is 1.02. The molecule has 0 radical (unpaired) electrons. The highest BCUT2D eigenvalue weighted by Crippen LogP contribution is 2.19. The molecular formula is C20H23N3O5. The fourth-order valence-electron chi connectivity index (χ4n) is 3.00. The molecule has 0 saturated carbocycles. The van der Waals surface area contributed by atoms with Gasteiger partial charge in [-0.05, 0) is 19.1 Å². The van der Waals surface area contributed by atoms with Gasteiger partial charge in [0.15, 0.2) is 6.61 Å². The third-order valence-electron chi connectivity index (χ3n) is 4.55. The van der Waals surface area contributed by atoms with Crippen LogP contribution in [0.1, 0.15) is 16.1 Å². The lowest BCUT2D eigenvalue weighted by Gasteiger charge is -2.28. The second-order valence-corrected chi connectivity index (χ2v) is 6.65. The van der Waals surface area contributed by atoms with Crippen molar-refractivity contribution in [3.05, 3.63) is 41.6 Å². The number of esters is 1. The molecule has 1 aliphatic heterocycles. The fraction of sp³-hybridized carbons (Fsp3) is 0.400. The van der Waals surface area contributed by atoms with Crippen molar-refractivity contribution in [1.82, 2.24) is 14.8 Å². The van der Waals surface area contributed by atoms with Crippen LogP contribution in [-0.2, 0) is 19.1 Å². The molecule has 1 fully saturated rings. The molecule has 2 amide bonds. The van der Waals surface area contributed by atoms with Crippen LogP contribution in [0.3, 0.4) is 0 Å². The minimum absolute atomic E-state index is 0.0618. The average Bonchev–Trinajstić information content (AvgIpc) is 2.71. The number of para-hydroxylation sites is 1. The number of amides is 2. The number of aryl methyl sites for hydroxylation is 1. The highest BCUT2D eigenvalue weighted by Gasteiger charge is 2.22. The van der Waals surface area contributed by atoms with Crippen LogP contribution in [0, 0.1) is 6.92 Å². The first-order valence-electron chi connectivity index (χ1n) is 9.08. The number of hydrogen-bond donors (Lipinski definition) is 0. The van der Waals surface area contributed by atoms with Crippen LogP contribution in [0.4, 0.5) is 0 Å². The quantitative estimate of drug-likeness (QED) is 0.714. The summed E-state index contributed by atoms with van der Waals surface area (Å²) in [5, 5.41) is 0.668. The number of carbonyl (C=O) groups is 3. The molecule has 2 heterocycles. The maximum atomic E-state index is 12.5. The Kier molecular flexibility index (Phi) is 6.20. The SMILES string of the molecule is Cc1cc(C(=O)OCC(=O)N(C)CC(=O)N2CCOCC2)c2ccccc2n1. The summed E-state index contributed by atoms with van der Waals surface area (Å²) in [6.07, 6.45) is 0. The van der Waals surface area contributed by atoms with Crippen molar-refractivity contribution in [3.8, 4) is 0 Å². The first kappa shape index (κ1) is 19.8. The number of benzene rings is 1. The van der Waals surface area contributed by atoms with Crippen molar-refractivity contribution < 1.29 is 23.9 Å². The topological polar surface area (TPSA) is 89.0 Å². The van der Waals surface area contributed by atoms with Crippen LogP contribution in [0.2, 0.25) is 0 Å². The highest BCUT2D eigenvalue weighted by atomic mass is 16.5. The van der Waals surface area contributed by atoms with Gasteiger partial charge in [-0.25, -0.2) is 4.79 Å². The normalized spacial score (nSPS) is 14.0. The van der Waals surface area contributed by atoms with Gasteiger partial charge >= 0.3 is 5.97 Å². The summed E-state index contributed by atoms with van der Waals surface area (Å²) in [5.41, 5.74) is 1.74. The third-order valence-corrected chi connectivity index (χ3v) is 4.55. The molecule has 0 aliphatic carbocycles. The Labute approximate surface area is 163 Å². The summed E-state index contributed by atoms with van der Waals surface area (Å²) in [6.45, 7) is 3.34. The molecule has 0 bridgehead atoms. The Balaban J connectivity index is 1.58. The number of nitrogens with zero attached hydrogens (tertiary/aromatic N) is 3. The molecule has 2 aromatic rings. The number of aromatic nitrogens is 1. The van der Waals surface area contributed by atoms with Crippen LogP contribution in [0.25, 0.3) is 10.9 Å². The Morgan fingerprint density at radius 1 is 1.21 bits per heavy atom. The summed E-state index contributed by atoms with van der Waals surface area (Å²) in [5.74, 6) is -1.19. The zero-order chi connectivity index (χ0) is 20.1. The molecule has 28 heavy (non-hydrogen) atoms. The van der Waals surface area contributed by atoms with Crippen molar-refractivity contribution >= 4 is 28.7 Å². The van der Waals surface area contributed by atoms with Gasteiger partial charge in [-0.15, -0.1) is 0 Å². The van der Waals surface area contributed by atoms with Gasteiger partial charge < -0.3 is 19.3 Å². The average molecular weight is 385 g/mol. The van der Waals surface area contributed by atoms with Crippen LogP contribution in [0.15, 0.2) is 30.3 Å². The van der Waals surface area contributed by atoms with E-state index in [4.69, 9.17) is 9.47 Å². The monoisotopic (exact) mass is 385 g/mol. The fourth-order valence-corrected chi connectivity index (χ4v) is 3.00. The van der Waals surface area contributed by atoms with Crippen molar-refractivity contribution in [2.24, 2.45) is 0 Å². The van der Waals surface area contributed by atoms with Gasteiger partial charge in [-0.1, -0.05) is 18.2 Å². The third kappa shape index (κ3) is 4.64. The number of carbonyl (C=O) groups excluding carboxylic acids is 3. The second-order valence-electron chi connectivity index (χ2n) is 6.65. The zero-order valence-electron chi connectivity index (χ0n) is 16.0. The molecule has 3 rings (SSSR count). The molecule has 1 aliphatic rings. The molecule has 8 heteroatoms. The molecule has 148 valence electrons. The summed E-state index contributed by atoms with van der Waals surface area (Å²) >= 11 is 0. The number of morpholine rings is 1. The number of hydrogen-bond acceptors (Lipinski definition) is 6. The lowest BCUT2D eigenvalue weighted by atomic mass is 10.1. The lowest BCUT2D eigenvalue weighted by molar-refractivity contribution is -0.143. The van der Waals surface area contributed by atoms with Gasteiger partial charge in [0.2, 0.25) is 5.91 Å². The molecular weight excluding hydrogens is 362 g/mol. The van der Waals surface area contributed by atoms with Crippen molar-refractivity contribution in [2.45, 2.75) is 6.92 Å². The Morgan fingerprint density at radius 3 is 2.68 bits per heavy atom. The van der Waals surface area contributed by atoms with Crippen LogP contribution in [-0.4, -0.2) is 79.1 Å². The molecule has 0 N–H and O–H groups in total. The van der Waals surface area contributed by atoms with Gasteiger partial charge in [0.05, 0.1) is 30.8 Å².